The van der Waals surface area contributed by atoms with Crippen molar-refractivity contribution in [3.05, 3.63) is 51.0 Å². The maximum Gasteiger partial charge on any atom is 0.255 e. The Morgan fingerprint density at radius 2 is 1.72 bits per heavy atom. The van der Waals surface area contributed by atoms with Gasteiger partial charge in [-0.3, -0.25) is 19.3 Å². The van der Waals surface area contributed by atoms with Gasteiger partial charge in [-0.1, -0.05) is 11.8 Å². The van der Waals surface area contributed by atoms with Crippen molar-refractivity contribution < 1.29 is 34.8 Å². The number of phenols is 1. The molecule has 4 atom stereocenters. The van der Waals surface area contributed by atoms with Gasteiger partial charge in [-0.15, -0.1) is 11.8 Å². The molecule has 0 saturated carbocycles. The first-order chi connectivity index (χ1) is 16.9. The number of aromatic hydroxyl groups is 1. The fourth-order valence-electron chi connectivity index (χ4n) is 5.79. The van der Waals surface area contributed by atoms with Gasteiger partial charge in [-0.05, 0) is 58.3 Å². The molecule has 0 fully saturated rings. The van der Waals surface area contributed by atoms with Gasteiger partial charge in [0.25, 0.3) is 5.91 Å². The quantitative estimate of drug-likeness (QED) is 0.301. The van der Waals surface area contributed by atoms with Crippen LogP contribution in [0.3, 0.4) is 0 Å². The highest BCUT2D eigenvalue weighted by Gasteiger charge is 2.63. The molecule has 0 aromatic heterocycles. The zero-order chi connectivity index (χ0) is 26.7. The van der Waals surface area contributed by atoms with Crippen LogP contribution in [0.5, 0.6) is 5.75 Å². The number of hydrogen-bond acceptors (Lipinski definition) is 8. The molecule has 0 radical (unpaired) electrons. The number of hydrogen-bond donors (Lipinski definition) is 5. The van der Waals surface area contributed by atoms with Crippen molar-refractivity contribution in [1.82, 2.24) is 4.90 Å². The molecule has 9 heteroatoms. The molecular weight excluding hydrogens is 464 g/mol. The molecule has 186 valence electrons. The Morgan fingerprint density at radius 1 is 1.11 bits per heavy atom. The SMILES string of the molecule is CC#Cc1cc(C#CC)c2c(c1O)C(=O)C1=C(O)[C@@]3(O)C(=O)C(C(N)=O)=C(O)[C@H](N(C)C)[C@H]3C[C@H]1C2. The van der Waals surface area contributed by atoms with Crippen molar-refractivity contribution in [3.63, 3.8) is 0 Å². The number of rotatable bonds is 2. The third-order valence-electron chi connectivity index (χ3n) is 7.24. The summed E-state index contributed by atoms with van der Waals surface area (Å²) in [4.78, 5) is 40.6. The van der Waals surface area contributed by atoms with Gasteiger partial charge in [-0.2, -0.15) is 0 Å². The zero-order valence-corrected chi connectivity index (χ0v) is 20.3. The summed E-state index contributed by atoms with van der Waals surface area (Å²) in [5, 5.41) is 44.7. The minimum atomic E-state index is -2.67. The van der Waals surface area contributed by atoms with Gasteiger partial charge in [0.1, 0.15) is 22.8 Å². The predicted octanol–water partition coefficient (Wildman–Crippen LogP) is 0.863. The smallest absolute Gasteiger partial charge is 0.255 e. The average Bonchev–Trinajstić information content (AvgIpc) is 2.79. The highest BCUT2D eigenvalue weighted by atomic mass is 16.3. The summed E-state index contributed by atoms with van der Waals surface area (Å²) in [6.07, 6.45) is 0.188. The lowest BCUT2D eigenvalue weighted by Gasteiger charge is -2.50. The molecular formula is C27H26N2O7. The summed E-state index contributed by atoms with van der Waals surface area (Å²) in [6, 6.07) is 0.559. The number of carbonyl (C=O) groups is 3. The van der Waals surface area contributed by atoms with Crippen LogP contribution in [-0.2, 0) is 16.0 Å². The molecule has 6 N–H and O–H groups in total. The molecule has 1 amide bonds. The Kier molecular flexibility index (Phi) is 5.96. The van der Waals surface area contributed by atoms with Crippen LogP contribution >= 0.6 is 0 Å². The molecule has 0 aliphatic heterocycles. The largest absolute Gasteiger partial charge is 0.510 e. The van der Waals surface area contributed by atoms with E-state index in [1.165, 1.54) is 4.90 Å². The van der Waals surface area contributed by atoms with Crippen molar-refractivity contribution in [3.8, 4) is 29.4 Å². The molecule has 3 aliphatic carbocycles. The molecule has 1 aromatic carbocycles. The number of phenolic OH excluding ortho intramolecular Hbond substituents is 1. The summed E-state index contributed by atoms with van der Waals surface area (Å²) < 4.78 is 0. The van der Waals surface area contributed by atoms with Crippen LogP contribution < -0.4 is 5.73 Å². The highest BCUT2D eigenvalue weighted by Crippen LogP contribution is 2.52. The first kappa shape index (κ1) is 25.1. The minimum Gasteiger partial charge on any atom is -0.510 e. The number of aliphatic hydroxyl groups excluding tert-OH is 2. The van der Waals surface area contributed by atoms with E-state index >= 15 is 0 Å². The third-order valence-corrected chi connectivity index (χ3v) is 7.24. The van der Waals surface area contributed by atoms with Gasteiger partial charge in [0.15, 0.2) is 11.4 Å². The monoisotopic (exact) mass is 490 g/mol. The standard InChI is InChI=1S/C27H26N2O7/c1-5-7-12-9-13(8-6-2)21(30)18-15(12)10-14-11-16-20(29(3)4)23(32)19(26(28)35)25(34)27(16,36)24(33)17(14)22(18)31/h9,14,16,20,30,32-33,36H,10-11H2,1-4H3,(H2,28,35)/t14-,16-,20-,27-/m1/s1. The lowest BCUT2D eigenvalue weighted by molar-refractivity contribution is -0.148. The van der Waals surface area contributed by atoms with Gasteiger partial charge in [0.05, 0.1) is 17.2 Å². The number of amides is 1. The van der Waals surface area contributed by atoms with E-state index in [4.69, 9.17) is 5.73 Å². The number of carbonyl (C=O) groups excluding carboxylic acids is 3. The van der Waals surface area contributed by atoms with Crippen molar-refractivity contribution >= 4 is 17.5 Å². The molecule has 0 heterocycles. The van der Waals surface area contributed by atoms with E-state index < -0.39 is 58.0 Å². The lowest BCUT2D eigenvalue weighted by atomic mass is 9.58. The predicted molar refractivity (Wildman–Crippen MR) is 129 cm³/mol. The van der Waals surface area contributed by atoms with E-state index in [1.807, 2.05) is 0 Å². The number of benzene rings is 1. The third kappa shape index (κ3) is 3.25. The van der Waals surface area contributed by atoms with Crippen LogP contribution in [0.2, 0.25) is 0 Å². The number of fused-ring (bicyclic) bond motifs is 3. The number of allylic oxidation sites excluding steroid dienone is 1. The second kappa shape index (κ2) is 8.56. The summed E-state index contributed by atoms with van der Waals surface area (Å²) in [5.41, 5.74) is 2.65. The second-order valence-electron chi connectivity index (χ2n) is 9.39. The summed E-state index contributed by atoms with van der Waals surface area (Å²) in [7, 11) is 3.16. The maximum absolute atomic E-state index is 13.8. The molecule has 0 spiro atoms. The van der Waals surface area contributed by atoms with Gasteiger partial charge < -0.3 is 26.2 Å². The molecule has 3 aliphatic rings. The summed E-state index contributed by atoms with van der Waals surface area (Å²) >= 11 is 0. The van der Waals surface area contributed by atoms with E-state index in [0.29, 0.717) is 11.1 Å². The normalized spacial score (nSPS) is 26.9. The van der Waals surface area contributed by atoms with Crippen LogP contribution in [0.1, 0.15) is 47.3 Å². The molecule has 0 bridgehead atoms. The Hall–Kier alpha value is -4.05. The van der Waals surface area contributed by atoms with Gasteiger partial charge in [0, 0.05) is 17.1 Å². The number of likely N-dealkylation sites (N-methyl/N-ethyl adjacent to an activating group) is 1. The van der Waals surface area contributed by atoms with Gasteiger partial charge in [0.2, 0.25) is 5.78 Å². The van der Waals surface area contributed by atoms with Crippen LogP contribution in [0.25, 0.3) is 0 Å². The fraction of sp³-hybridized carbons (Fsp3) is 0.370. The Bertz CT molecular complexity index is 1430. The second-order valence-corrected chi connectivity index (χ2v) is 9.39. The lowest BCUT2D eigenvalue weighted by Crippen LogP contribution is -2.63. The minimum absolute atomic E-state index is 0.0159. The molecule has 36 heavy (non-hydrogen) atoms. The molecule has 0 unspecified atom stereocenters. The number of Topliss-reactive ketones (excluding diaryl/α,β-unsaturated/α-hetero) is 2. The van der Waals surface area contributed by atoms with E-state index in [0.717, 1.165) is 0 Å². The van der Waals surface area contributed by atoms with Crippen LogP contribution in [-0.4, -0.2) is 68.5 Å². The van der Waals surface area contributed by atoms with Crippen molar-refractivity contribution in [2.75, 3.05) is 14.1 Å². The average molecular weight is 491 g/mol. The van der Waals surface area contributed by atoms with Gasteiger partial charge >= 0.3 is 0 Å². The van der Waals surface area contributed by atoms with E-state index in [9.17, 15) is 34.8 Å². The molecule has 4 rings (SSSR count). The number of ketones is 2. The first-order valence-corrected chi connectivity index (χ1v) is 11.3. The summed E-state index contributed by atoms with van der Waals surface area (Å²) in [6.45, 7) is 3.20. The van der Waals surface area contributed by atoms with Crippen LogP contribution in [0.15, 0.2) is 28.7 Å². The number of aliphatic hydroxyl groups is 3. The zero-order valence-electron chi connectivity index (χ0n) is 20.3. The van der Waals surface area contributed by atoms with Crippen molar-refractivity contribution in [2.45, 2.75) is 38.3 Å². The first-order valence-electron chi connectivity index (χ1n) is 11.3. The topological polar surface area (TPSA) is 161 Å². The van der Waals surface area contributed by atoms with Crippen LogP contribution in [0, 0.1) is 35.5 Å². The number of primary amides is 1. The highest BCUT2D eigenvalue weighted by molar-refractivity contribution is 6.24. The maximum atomic E-state index is 13.8. The Morgan fingerprint density at radius 3 is 2.28 bits per heavy atom. The number of nitrogens with zero attached hydrogens (tertiary/aromatic N) is 1. The number of nitrogens with two attached hydrogens (primary N) is 1. The van der Waals surface area contributed by atoms with Crippen molar-refractivity contribution in [1.29, 1.82) is 0 Å². The van der Waals surface area contributed by atoms with E-state index in [2.05, 4.69) is 23.7 Å². The molecule has 1 aromatic rings. The Balaban J connectivity index is 2.01. The van der Waals surface area contributed by atoms with E-state index in [-0.39, 0.29) is 35.3 Å². The fourth-order valence-corrected chi connectivity index (χ4v) is 5.79. The van der Waals surface area contributed by atoms with E-state index in [1.54, 1.807) is 34.0 Å². The van der Waals surface area contributed by atoms with Gasteiger partial charge in [-0.25, -0.2) is 0 Å². The van der Waals surface area contributed by atoms with Crippen LogP contribution in [0.4, 0.5) is 0 Å². The van der Waals surface area contributed by atoms with Crippen molar-refractivity contribution in [2.24, 2.45) is 17.6 Å². The summed E-state index contributed by atoms with van der Waals surface area (Å²) in [5.74, 6) is 4.21. The molecule has 9 nitrogen and oxygen atoms in total. The molecule has 0 saturated heterocycles. The Labute approximate surface area is 207 Å².